The number of carbonyl (C=O) groups is 2. The first-order valence-electron chi connectivity index (χ1n) is 14.4. The topological polar surface area (TPSA) is 86.8 Å². The molecule has 7 nitrogen and oxygen atoms in total. The van der Waals surface area contributed by atoms with Gasteiger partial charge < -0.3 is 10.2 Å². The summed E-state index contributed by atoms with van der Waals surface area (Å²) in [6, 6.07) is 24.1. The van der Waals surface area contributed by atoms with Crippen molar-refractivity contribution in [1.82, 2.24) is 10.2 Å². The van der Waals surface area contributed by atoms with E-state index >= 15 is 0 Å². The predicted molar refractivity (Wildman–Crippen MR) is 172 cm³/mol. The maximum absolute atomic E-state index is 14.4. The molecule has 0 heterocycles. The Morgan fingerprint density at radius 2 is 1.52 bits per heavy atom. The molecule has 1 N–H and O–H groups in total. The molecule has 0 aliphatic heterocycles. The van der Waals surface area contributed by atoms with Crippen molar-refractivity contribution < 1.29 is 31.2 Å². The molecule has 4 aromatic carbocycles. The van der Waals surface area contributed by atoms with Gasteiger partial charge in [0.05, 0.1) is 16.1 Å². The maximum Gasteiger partial charge on any atom is 0.416 e. The molecule has 1 atom stereocenters. The van der Waals surface area contributed by atoms with Gasteiger partial charge in [0.25, 0.3) is 10.0 Å². The number of nitrogens with zero attached hydrogens (tertiary/aromatic N) is 2. The third-order valence-electron chi connectivity index (χ3n) is 7.21. The molecular formula is C34H33ClF3N3O4S. The minimum atomic E-state index is -4.77. The van der Waals surface area contributed by atoms with Crippen LogP contribution in [0.15, 0.2) is 108 Å². The molecule has 0 aromatic heterocycles. The summed E-state index contributed by atoms with van der Waals surface area (Å²) in [6.45, 7) is 2.73. The zero-order valence-corrected chi connectivity index (χ0v) is 26.7. The van der Waals surface area contributed by atoms with Crippen molar-refractivity contribution in [3.05, 3.63) is 130 Å². The standard InChI is InChI=1S/C34H33ClF3N3O4S/c1-3-39-33(43)31(20-25-9-5-4-6-10-25)40(22-26-11-7-13-28(35)19-26)32(42)23-41(29-14-8-12-27(21-29)34(36,37)38)46(44,45)30-17-15-24(2)16-18-30/h4-19,21,31H,3,20,22-23H2,1-2H3,(H,39,43)/t31-/m1/s1. The fraction of sp³-hybridized carbons (Fsp3) is 0.235. The van der Waals surface area contributed by atoms with Gasteiger partial charge in [0, 0.05) is 24.5 Å². The van der Waals surface area contributed by atoms with Gasteiger partial charge in [-0.1, -0.05) is 77.8 Å². The summed E-state index contributed by atoms with van der Waals surface area (Å²) in [6.07, 6.45) is -4.68. The van der Waals surface area contributed by atoms with Gasteiger partial charge in [-0.2, -0.15) is 13.2 Å². The Balaban J connectivity index is 1.84. The minimum absolute atomic E-state index is 0.0905. The largest absolute Gasteiger partial charge is 0.416 e. The molecule has 242 valence electrons. The number of hydrogen-bond donors (Lipinski definition) is 1. The number of carbonyl (C=O) groups excluding carboxylic acids is 2. The van der Waals surface area contributed by atoms with Gasteiger partial charge in [0.2, 0.25) is 11.8 Å². The van der Waals surface area contributed by atoms with Gasteiger partial charge in [0.1, 0.15) is 12.6 Å². The number of anilines is 1. The fourth-order valence-corrected chi connectivity index (χ4v) is 6.50. The first kappa shape index (κ1) is 34.5. The number of nitrogens with one attached hydrogen (secondary N) is 1. The lowest BCUT2D eigenvalue weighted by Crippen LogP contribution is -2.53. The number of benzene rings is 4. The highest BCUT2D eigenvalue weighted by Gasteiger charge is 2.36. The number of aryl methyl sites for hydroxylation is 1. The summed E-state index contributed by atoms with van der Waals surface area (Å²) in [5.74, 6) is -1.28. The van der Waals surface area contributed by atoms with E-state index in [0.29, 0.717) is 21.0 Å². The smallest absolute Gasteiger partial charge is 0.355 e. The van der Waals surface area contributed by atoms with Crippen LogP contribution in [-0.2, 0) is 38.8 Å². The Morgan fingerprint density at radius 1 is 0.870 bits per heavy atom. The Kier molecular flexibility index (Phi) is 11.1. The molecule has 0 aliphatic rings. The molecule has 0 saturated carbocycles. The second kappa shape index (κ2) is 14.8. The molecule has 0 saturated heterocycles. The SMILES string of the molecule is CCNC(=O)[C@@H](Cc1ccccc1)N(Cc1cccc(Cl)c1)C(=O)CN(c1cccc(C(F)(F)F)c1)S(=O)(=O)c1ccc(C)cc1. The molecule has 0 aliphatic carbocycles. The molecule has 46 heavy (non-hydrogen) atoms. The fourth-order valence-electron chi connectivity index (χ4n) is 4.88. The molecule has 0 unspecified atom stereocenters. The monoisotopic (exact) mass is 671 g/mol. The maximum atomic E-state index is 14.4. The highest BCUT2D eigenvalue weighted by Crippen LogP contribution is 2.33. The van der Waals surface area contributed by atoms with E-state index in [1.54, 1.807) is 74.5 Å². The van der Waals surface area contributed by atoms with Crippen molar-refractivity contribution >= 4 is 39.1 Å². The van der Waals surface area contributed by atoms with E-state index in [1.807, 2.05) is 6.07 Å². The molecule has 0 spiro atoms. The minimum Gasteiger partial charge on any atom is -0.355 e. The van der Waals surface area contributed by atoms with Crippen molar-refractivity contribution in [2.75, 3.05) is 17.4 Å². The number of sulfonamides is 1. The van der Waals surface area contributed by atoms with Crippen LogP contribution in [0.4, 0.5) is 18.9 Å². The summed E-state index contributed by atoms with van der Waals surface area (Å²) >= 11 is 6.22. The molecule has 4 aromatic rings. The highest BCUT2D eigenvalue weighted by molar-refractivity contribution is 7.92. The van der Waals surface area contributed by atoms with Gasteiger partial charge in [-0.3, -0.25) is 13.9 Å². The quantitative estimate of drug-likeness (QED) is 0.183. The molecule has 0 radical (unpaired) electrons. The Hall–Kier alpha value is -4.35. The number of halogens is 4. The van der Waals surface area contributed by atoms with Crippen LogP contribution >= 0.6 is 11.6 Å². The normalized spacial score (nSPS) is 12.3. The third kappa shape index (κ3) is 8.67. The zero-order chi connectivity index (χ0) is 33.5. The lowest BCUT2D eigenvalue weighted by Gasteiger charge is -2.34. The molecular weight excluding hydrogens is 639 g/mol. The zero-order valence-electron chi connectivity index (χ0n) is 25.2. The van der Waals surface area contributed by atoms with Gasteiger partial charge in [-0.15, -0.1) is 0 Å². The van der Waals surface area contributed by atoms with Crippen molar-refractivity contribution in [1.29, 1.82) is 0 Å². The van der Waals surface area contributed by atoms with E-state index in [4.69, 9.17) is 11.6 Å². The summed E-state index contributed by atoms with van der Waals surface area (Å²) in [5.41, 5.74) is 0.629. The first-order valence-corrected chi connectivity index (χ1v) is 16.2. The third-order valence-corrected chi connectivity index (χ3v) is 9.24. The highest BCUT2D eigenvalue weighted by atomic mass is 35.5. The summed E-state index contributed by atoms with van der Waals surface area (Å²) in [4.78, 5) is 28.9. The van der Waals surface area contributed by atoms with Crippen LogP contribution in [0.25, 0.3) is 0 Å². The number of likely N-dealkylation sites (N-methyl/N-ethyl adjacent to an activating group) is 1. The lowest BCUT2D eigenvalue weighted by molar-refractivity contribution is -0.140. The van der Waals surface area contributed by atoms with E-state index in [1.165, 1.54) is 23.1 Å². The van der Waals surface area contributed by atoms with E-state index in [-0.39, 0.29) is 30.1 Å². The van der Waals surface area contributed by atoms with Crippen molar-refractivity contribution in [2.24, 2.45) is 0 Å². The van der Waals surface area contributed by atoms with Gasteiger partial charge in [-0.25, -0.2) is 8.42 Å². The number of rotatable bonds is 12. The van der Waals surface area contributed by atoms with Crippen LogP contribution in [0.2, 0.25) is 5.02 Å². The van der Waals surface area contributed by atoms with Crippen LogP contribution < -0.4 is 9.62 Å². The average Bonchev–Trinajstić information content (AvgIpc) is 3.02. The van der Waals surface area contributed by atoms with Crippen LogP contribution in [0.5, 0.6) is 0 Å². The molecule has 2 amide bonds. The van der Waals surface area contributed by atoms with Crippen LogP contribution in [0.3, 0.4) is 0 Å². The summed E-state index contributed by atoms with van der Waals surface area (Å²) < 4.78 is 69.9. The molecule has 4 rings (SSSR count). The number of hydrogen-bond acceptors (Lipinski definition) is 4. The summed E-state index contributed by atoms with van der Waals surface area (Å²) in [5, 5.41) is 3.14. The Labute approximate surface area is 271 Å². The van der Waals surface area contributed by atoms with E-state index in [2.05, 4.69) is 5.32 Å². The van der Waals surface area contributed by atoms with Gasteiger partial charge in [-0.05, 0) is 67.4 Å². The lowest BCUT2D eigenvalue weighted by atomic mass is 10.0. The van der Waals surface area contributed by atoms with Gasteiger partial charge in [0.15, 0.2) is 0 Å². The van der Waals surface area contributed by atoms with Crippen molar-refractivity contribution in [2.45, 2.75) is 43.9 Å². The average molecular weight is 672 g/mol. The van der Waals surface area contributed by atoms with E-state index in [9.17, 15) is 31.2 Å². The van der Waals surface area contributed by atoms with Gasteiger partial charge >= 0.3 is 6.18 Å². The second-order valence-electron chi connectivity index (χ2n) is 10.6. The molecule has 0 fully saturated rings. The number of amides is 2. The predicted octanol–water partition coefficient (Wildman–Crippen LogP) is 6.64. The van der Waals surface area contributed by atoms with Crippen LogP contribution in [0.1, 0.15) is 29.2 Å². The molecule has 0 bridgehead atoms. The number of alkyl halides is 3. The van der Waals surface area contributed by atoms with Crippen LogP contribution in [-0.4, -0.2) is 44.3 Å². The van der Waals surface area contributed by atoms with E-state index < -0.39 is 46.2 Å². The second-order valence-corrected chi connectivity index (χ2v) is 12.9. The van der Waals surface area contributed by atoms with Crippen LogP contribution in [0, 0.1) is 6.92 Å². The molecule has 12 heteroatoms. The van der Waals surface area contributed by atoms with Crippen molar-refractivity contribution in [3.63, 3.8) is 0 Å². The summed E-state index contributed by atoms with van der Waals surface area (Å²) in [7, 11) is -4.56. The Bertz CT molecular complexity index is 1770. The van der Waals surface area contributed by atoms with Crippen molar-refractivity contribution in [3.8, 4) is 0 Å². The van der Waals surface area contributed by atoms with E-state index in [0.717, 1.165) is 23.3 Å². The first-order chi connectivity index (χ1) is 21.8. The Morgan fingerprint density at radius 3 is 2.15 bits per heavy atom.